The van der Waals surface area contributed by atoms with E-state index in [0.29, 0.717) is 22.3 Å². The summed E-state index contributed by atoms with van der Waals surface area (Å²) >= 11 is 3.03. The molecule has 0 saturated heterocycles. The van der Waals surface area contributed by atoms with Crippen LogP contribution in [0.1, 0.15) is 62.4 Å². The van der Waals surface area contributed by atoms with Gasteiger partial charge in [-0.15, -0.1) is 22.7 Å². The number of rotatable bonds is 8. The number of aldehydes is 1. The summed E-state index contributed by atoms with van der Waals surface area (Å²) in [4.78, 5) is 64.3. The van der Waals surface area contributed by atoms with E-state index in [9.17, 15) is 24.0 Å². The lowest BCUT2D eigenvalue weighted by Crippen LogP contribution is -2.07. The van der Waals surface area contributed by atoms with Gasteiger partial charge in [0.05, 0.1) is 16.9 Å². The fraction of sp³-hybridized carbons (Fsp3) is 0.0192. The van der Waals surface area contributed by atoms with E-state index in [0.717, 1.165) is 48.8 Å². The smallest absolute Gasteiger partial charge is 0.197 e. The Morgan fingerprint density at radius 3 is 1.07 bits per heavy atom. The molecule has 0 amide bonds. The van der Waals surface area contributed by atoms with Gasteiger partial charge in [-0.1, -0.05) is 121 Å². The predicted molar refractivity (Wildman–Crippen MR) is 246 cm³/mol. The molecule has 0 bridgehead atoms. The Kier molecular flexibility index (Phi) is 12.2. The second kappa shape index (κ2) is 18.6. The summed E-state index contributed by atoms with van der Waals surface area (Å²) in [6, 6.07) is 62.3. The highest BCUT2D eigenvalue weighted by atomic mass is 32.1. The van der Waals surface area contributed by atoms with Gasteiger partial charge < -0.3 is 9.80 Å². The van der Waals surface area contributed by atoms with E-state index in [1.54, 1.807) is 65.9 Å². The highest BCUT2D eigenvalue weighted by Crippen LogP contribution is 2.40. The molecule has 2 aliphatic rings. The molecular weight excluding hydrogens is 797 g/mol. The summed E-state index contributed by atoms with van der Waals surface area (Å²) in [5.74, 6) is -0.502. The first-order valence-corrected chi connectivity index (χ1v) is 21.0. The van der Waals surface area contributed by atoms with Crippen LogP contribution in [0.4, 0.5) is 32.8 Å². The normalized spacial score (nSPS) is 12.4. The minimum Gasteiger partial charge on any atom is -0.302 e. The van der Waals surface area contributed by atoms with Crippen molar-refractivity contribution in [1.29, 1.82) is 0 Å². The number of anilines is 6. The van der Waals surface area contributed by atoms with E-state index >= 15 is 0 Å². The Morgan fingerprint density at radius 1 is 0.377 bits per heavy atom. The van der Waals surface area contributed by atoms with Crippen molar-refractivity contribution in [3.8, 4) is 0 Å². The number of fused-ring (bicyclic) bond motifs is 2. The summed E-state index contributed by atoms with van der Waals surface area (Å²) in [5.41, 5.74) is 6.62. The number of benzene rings is 6. The molecule has 0 spiro atoms. The van der Waals surface area contributed by atoms with Gasteiger partial charge in [-0.25, -0.2) is 0 Å². The zero-order chi connectivity index (χ0) is 42.1. The lowest BCUT2D eigenvalue weighted by molar-refractivity contribution is 0.0919. The number of allylic oxidation sites excluding steroid dienone is 1. The Labute approximate surface area is 361 Å². The van der Waals surface area contributed by atoms with Crippen LogP contribution in [0.15, 0.2) is 200 Å². The Balaban J connectivity index is 0.000000142. The van der Waals surface area contributed by atoms with E-state index in [1.807, 2.05) is 97.1 Å². The number of carbonyl (C=O) groups is 5. The number of carbonyl (C=O) groups excluding carboxylic acids is 5. The lowest BCUT2D eigenvalue weighted by atomic mass is 10.1. The first-order chi connectivity index (χ1) is 29.9. The summed E-state index contributed by atoms with van der Waals surface area (Å²) in [7, 11) is 0. The maximum Gasteiger partial charge on any atom is 0.197 e. The molecule has 0 atom stereocenters. The van der Waals surface area contributed by atoms with E-state index in [2.05, 4.69) is 58.3 Å². The first-order valence-electron chi connectivity index (χ1n) is 19.4. The fourth-order valence-corrected chi connectivity index (χ4v) is 8.89. The predicted octanol–water partition coefficient (Wildman–Crippen LogP) is 13.2. The van der Waals surface area contributed by atoms with E-state index in [4.69, 9.17) is 0 Å². The van der Waals surface area contributed by atoms with Gasteiger partial charge in [-0.05, 0) is 78.9 Å². The van der Waals surface area contributed by atoms with Gasteiger partial charge in [0.15, 0.2) is 29.4 Å². The van der Waals surface area contributed by atoms with Crippen molar-refractivity contribution in [2.24, 2.45) is 0 Å². The molecule has 0 unspecified atom stereocenters. The number of hydrogen-bond acceptors (Lipinski definition) is 9. The molecular formula is C52H36N2O5S2. The van der Waals surface area contributed by atoms with Gasteiger partial charge in [-0.2, -0.15) is 0 Å². The quantitative estimate of drug-likeness (QED) is 0.0651. The maximum atomic E-state index is 12.7. The average Bonchev–Trinajstić information content (AvgIpc) is 4.10. The van der Waals surface area contributed by atoms with Crippen molar-refractivity contribution in [1.82, 2.24) is 0 Å². The van der Waals surface area contributed by atoms with Crippen LogP contribution in [0, 0.1) is 0 Å². The van der Waals surface area contributed by atoms with Crippen molar-refractivity contribution in [3.63, 3.8) is 0 Å². The van der Waals surface area contributed by atoms with Crippen LogP contribution in [-0.4, -0.2) is 29.4 Å². The highest BCUT2D eigenvalue weighted by Gasteiger charge is 2.32. The monoisotopic (exact) mass is 832 g/mol. The van der Waals surface area contributed by atoms with Gasteiger partial charge in [0, 0.05) is 49.9 Å². The van der Waals surface area contributed by atoms with Crippen LogP contribution >= 0.6 is 22.7 Å². The van der Waals surface area contributed by atoms with Crippen molar-refractivity contribution >= 4 is 90.9 Å². The van der Waals surface area contributed by atoms with Gasteiger partial charge in [0.1, 0.15) is 10.0 Å². The minimum absolute atomic E-state index is 0.0504. The lowest BCUT2D eigenvalue weighted by Gasteiger charge is -2.23. The number of thiophene rings is 2. The molecule has 7 nitrogen and oxygen atoms in total. The second-order valence-electron chi connectivity index (χ2n) is 13.8. The summed E-state index contributed by atoms with van der Waals surface area (Å²) in [5, 5.41) is 2.04. The highest BCUT2D eigenvalue weighted by molar-refractivity contribution is 7.17. The van der Waals surface area contributed by atoms with Crippen LogP contribution in [-0.2, 0) is 0 Å². The standard InChI is InChI=1S/C26H17NO2S.C17H13NOS.C9H6O2/c28-25-21-13-7-8-14-22(21)26(29)23(25)17-20-15-16-24(30-20)27(18-9-3-1-4-10-18)19-11-5-2-6-12-19;19-13-16-11-12-17(20-16)18(14-7-3-1-4-8-14)15-9-5-2-6-10-15;10-8-5-9(11)7-4-2-1-3-6(7)8/h1-17H;1-13H;1-4H,5H2. The maximum absolute atomic E-state index is 12.7. The third kappa shape index (κ3) is 8.89. The van der Waals surface area contributed by atoms with Crippen LogP contribution in [0.3, 0.4) is 0 Å². The molecule has 2 aliphatic carbocycles. The van der Waals surface area contributed by atoms with Gasteiger partial charge in [0.2, 0.25) is 0 Å². The largest absolute Gasteiger partial charge is 0.302 e. The molecule has 0 radical (unpaired) electrons. The molecule has 9 heteroatoms. The molecule has 0 N–H and O–H groups in total. The number of Topliss-reactive ketones (excluding diaryl/α,β-unsaturated/α-hetero) is 4. The van der Waals surface area contributed by atoms with E-state index < -0.39 is 0 Å². The van der Waals surface area contributed by atoms with Crippen molar-refractivity contribution < 1.29 is 24.0 Å². The Bertz CT molecular complexity index is 2740. The number of para-hydroxylation sites is 4. The van der Waals surface area contributed by atoms with Crippen LogP contribution in [0.2, 0.25) is 0 Å². The minimum atomic E-state index is -0.200. The molecule has 296 valence electrons. The first kappa shape index (κ1) is 40.2. The van der Waals surface area contributed by atoms with Crippen LogP contribution in [0.25, 0.3) is 6.08 Å². The summed E-state index contributed by atoms with van der Waals surface area (Å²) in [6.45, 7) is 0. The topological polar surface area (TPSA) is 91.8 Å². The summed E-state index contributed by atoms with van der Waals surface area (Å²) in [6.07, 6.45) is 2.66. The second-order valence-corrected chi connectivity index (χ2v) is 16.0. The molecule has 0 fully saturated rings. The van der Waals surface area contributed by atoms with Crippen molar-refractivity contribution in [2.75, 3.05) is 9.80 Å². The van der Waals surface area contributed by atoms with Crippen molar-refractivity contribution in [3.05, 3.63) is 232 Å². The third-order valence-corrected chi connectivity index (χ3v) is 11.9. The molecule has 0 aliphatic heterocycles. The average molecular weight is 833 g/mol. The van der Waals surface area contributed by atoms with Gasteiger partial charge in [0.25, 0.3) is 0 Å². The molecule has 6 aromatic carbocycles. The molecule has 2 aromatic heterocycles. The fourth-order valence-electron chi connectivity index (χ4n) is 7.03. The molecule has 10 rings (SSSR count). The van der Waals surface area contributed by atoms with Crippen LogP contribution in [0.5, 0.6) is 0 Å². The SMILES string of the molecule is O=C1C(=Cc2ccc(N(c3ccccc3)c3ccccc3)s2)C(=O)c2ccccc21.O=C1CC(=O)c2ccccc21.O=Cc1ccc(N(c2ccccc2)c2ccccc2)s1. The molecule has 0 saturated carbocycles. The zero-order valence-electron chi connectivity index (χ0n) is 32.6. The molecule has 8 aromatic rings. The molecule has 2 heterocycles. The van der Waals surface area contributed by atoms with Gasteiger partial charge in [-0.3, -0.25) is 24.0 Å². The Hall–Kier alpha value is -7.59. The van der Waals surface area contributed by atoms with Crippen molar-refractivity contribution in [2.45, 2.75) is 6.42 Å². The van der Waals surface area contributed by atoms with E-state index in [-0.39, 0.29) is 35.1 Å². The molecule has 61 heavy (non-hydrogen) atoms. The van der Waals surface area contributed by atoms with E-state index in [1.165, 1.54) is 11.3 Å². The number of nitrogens with zero attached hydrogens (tertiary/aromatic N) is 2. The van der Waals surface area contributed by atoms with Crippen LogP contribution < -0.4 is 9.80 Å². The zero-order valence-corrected chi connectivity index (χ0v) is 34.2. The Morgan fingerprint density at radius 2 is 0.705 bits per heavy atom. The summed E-state index contributed by atoms with van der Waals surface area (Å²) < 4.78 is 0. The number of hydrogen-bond donors (Lipinski definition) is 0. The third-order valence-electron chi connectivity index (χ3n) is 9.88. The number of ketones is 4. The van der Waals surface area contributed by atoms with Gasteiger partial charge >= 0.3 is 0 Å².